The van der Waals surface area contributed by atoms with Gasteiger partial charge >= 0.3 is 0 Å². The van der Waals surface area contributed by atoms with E-state index < -0.39 is 0 Å². The number of hydrogen-bond acceptors (Lipinski definition) is 5. The average molecular weight is 370 g/mol. The first-order valence-corrected chi connectivity index (χ1v) is 9.36. The van der Waals surface area contributed by atoms with Gasteiger partial charge in [-0.3, -0.25) is 9.59 Å². The number of carbonyl (C=O) groups excluding carboxylic acids is 2. The number of hydrogen-bond donors (Lipinski definition) is 1. The average Bonchev–Trinajstić information content (AvgIpc) is 3.22. The van der Waals surface area contributed by atoms with E-state index in [0.717, 1.165) is 12.2 Å². The van der Waals surface area contributed by atoms with Gasteiger partial charge in [-0.1, -0.05) is 13.8 Å². The molecular formula is C20H26N4O3. The van der Waals surface area contributed by atoms with Crippen molar-refractivity contribution in [1.82, 2.24) is 15.2 Å². The molecule has 0 atom stereocenters. The van der Waals surface area contributed by atoms with Gasteiger partial charge in [0.2, 0.25) is 0 Å². The molecule has 1 aliphatic heterocycles. The molecule has 0 saturated carbocycles. The fourth-order valence-electron chi connectivity index (χ4n) is 3.00. The van der Waals surface area contributed by atoms with E-state index in [4.69, 9.17) is 4.42 Å². The smallest absolute Gasteiger partial charge is 0.289 e. The Balaban J connectivity index is 1.56. The Bertz CT molecular complexity index is 765. The standard InChI is InChI=1S/C20H26N4O3/c1-15(2)5-7-22-19(25)16-6-8-21-18(14-16)23-9-11-24(12-10-23)20(26)17-4-3-13-27-17/h3-4,6,8,13-15H,5,7,9-12H2,1-2H3,(H,22,25). The molecule has 7 nitrogen and oxygen atoms in total. The van der Waals surface area contributed by atoms with Crippen molar-refractivity contribution in [3.63, 3.8) is 0 Å². The van der Waals surface area contributed by atoms with Crippen LogP contribution in [0.2, 0.25) is 0 Å². The number of rotatable bonds is 6. The summed E-state index contributed by atoms with van der Waals surface area (Å²) >= 11 is 0. The molecule has 0 unspecified atom stereocenters. The third kappa shape index (κ3) is 4.87. The van der Waals surface area contributed by atoms with Gasteiger partial charge in [-0.2, -0.15) is 0 Å². The summed E-state index contributed by atoms with van der Waals surface area (Å²) in [6.07, 6.45) is 4.12. The van der Waals surface area contributed by atoms with E-state index >= 15 is 0 Å². The Morgan fingerprint density at radius 1 is 1.22 bits per heavy atom. The van der Waals surface area contributed by atoms with Crippen LogP contribution in [0.15, 0.2) is 41.1 Å². The number of nitrogens with zero attached hydrogens (tertiary/aromatic N) is 3. The highest BCUT2D eigenvalue weighted by molar-refractivity contribution is 5.94. The fourth-order valence-corrected chi connectivity index (χ4v) is 3.00. The molecule has 2 aromatic rings. The van der Waals surface area contributed by atoms with Crippen molar-refractivity contribution < 1.29 is 14.0 Å². The second-order valence-electron chi connectivity index (χ2n) is 7.10. The van der Waals surface area contributed by atoms with Crippen LogP contribution < -0.4 is 10.2 Å². The first-order valence-electron chi connectivity index (χ1n) is 9.36. The fraction of sp³-hybridized carbons (Fsp3) is 0.450. The van der Waals surface area contributed by atoms with Gasteiger partial charge < -0.3 is 19.5 Å². The van der Waals surface area contributed by atoms with Crippen molar-refractivity contribution in [3.05, 3.63) is 48.0 Å². The Labute approximate surface area is 159 Å². The Morgan fingerprint density at radius 3 is 2.67 bits per heavy atom. The third-order valence-electron chi connectivity index (χ3n) is 4.64. The summed E-state index contributed by atoms with van der Waals surface area (Å²) in [6, 6.07) is 6.93. The van der Waals surface area contributed by atoms with Crippen LogP contribution in [-0.4, -0.2) is 54.4 Å². The van der Waals surface area contributed by atoms with Crippen LogP contribution in [0.1, 0.15) is 41.2 Å². The molecule has 27 heavy (non-hydrogen) atoms. The molecule has 7 heteroatoms. The highest BCUT2D eigenvalue weighted by atomic mass is 16.3. The van der Waals surface area contributed by atoms with E-state index in [1.807, 2.05) is 6.07 Å². The lowest BCUT2D eigenvalue weighted by Gasteiger charge is -2.35. The minimum absolute atomic E-state index is 0.0778. The Kier molecular flexibility index (Phi) is 6.11. The maximum Gasteiger partial charge on any atom is 0.289 e. The second kappa shape index (κ2) is 8.70. The Morgan fingerprint density at radius 2 is 2.00 bits per heavy atom. The normalized spacial score (nSPS) is 14.5. The molecule has 0 aliphatic carbocycles. The molecular weight excluding hydrogens is 344 g/mol. The van der Waals surface area contributed by atoms with Crippen molar-refractivity contribution >= 4 is 17.6 Å². The Hall–Kier alpha value is -2.83. The number of aromatic nitrogens is 1. The number of pyridine rings is 1. The van der Waals surface area contributed by atoms with Gasteiger partial charge in [0.1, 0.15) is 5.82 Å². The number of piperazine rings is 1. The van der Waals surface area contributed by atoms with E-state index in [1.54, 1.807) is 29.3 Å². The van der Waals surface area contributed by atoms with E-state index in [2.05, 4.69) is 29.0 Å². The van der Waals surface area contributed by atoms with E-state index in [0.29, 0.717) is 50.0 Å². The lowest BCUT2D eigenvalue weighted by Crippen LogP contribution is -2.49. The van der Waals surface area contributed by atoms with Crippen LogP contribution in [-0.2, 0) is 0 Å². The molecule has 144 valence electrons. The molecule has 1 fully saturated rings. The lowest BCUT2D eigenvalue weighted by atomic mass is 10.1. The van der Waals surface area contributed by atoms with Crippen LogP contribution >= 0.6 is 0 Å². The van der Waals surface area contributed by atoms with E-state index in [1.165, 1.54) is 6.26 Å². The summed E-state index contributed by atoms with van der Waals surface area (Å²) in [4.78, 5) is 32.9. The number of nitrogens with one attached hydrogen (secondary N) is 1. The van der Waals surface area contributed by atoms with Gasteiger partial charge in [-0.05, 0) is 36.6 Å². The molecule has 1 saturated heterocycles. The molecule has 3 rings (SSSR count). The molecule has 3 heterocycles. The molecule has 0 aromatic carbocycles. The first kappa shape index (κ1) is 18.9. The highest BCUT2D eigenvalue weighted by Crippen LogP contribution is 2.17. The molecule has 2 amide bonds. The highest BCUT2D eigenvalue weighted by Gasteiger charge is 2.24. The van der Waals surface area contributed by atoms with Crippen molar-refractivity contribution in [1.29, 1.82) is 0 Å². The molecule has 2 aromatic heterocycles. The number of carbonyl (C=O) groups is 2. The van der Waals surface area contributed by atoms with Crippen LogP contribution in [0.3, 0.4) is 0 Å². The SMILES string of the molecule is CC(C)CCNC(=O)c1ccnc(N2CCN(C(=O)c3ccco3)CC2)c1. The van der Waals surface area contributed by atoms with Gasteiger partial charge in [0.15, 0.2) is 5.76 Å². The topological polar surface area (TPSA) is 78.7 Å². The largest absolute Gasteiger partial charge is 0.459 e. The van der Waals surface area contributed by atoms with Gasteiger partial charge in [-0.15, -0.1) is 0 Å². The first-order chi connectivity index (χ1) is 13.0. The lowest BCUT2D eigenvalue weighted by molar-refractivity contribution is 0.0714. The van der Waals surface area contributed by atoms with Crippen molar-refractivity contribution in [2.24, 2.45) is 5.92 Å². The molecule has 0 spiro atoms. The summed E-state index contributed by atoms with van der Waals surface area (Å²) < 4.78 is 5.19. The zero-order valence-corrected chi connectivity index (χ0v) is 15.9. The number of furan rings is 1. The predicted molar refractivity (Wildman–Crippen MR) is 103 cm³/mol. The molecule has 1 N–H and O–H groups in total. The summed E-state index contributed by atoms with van der Waals surface area (Å²) in [5.41, 5.74) is 0.609. The van der Waals surface area contributed by atoms with E-state index in [9.17, 15) is 9.59 Å². The van der Waals surface area contributed by atoms with Gasteiger partial charge in [0, 0.05) is 44.5 Å². The summed E-state index contributed by atoms with van der Waals surface area (Å²) in [6.45, 7) is 7.44. The van der Waals surface area contributed by atoms with Gasteiger partial charge in [0.25, 0.3) is 11.8 Å². The van der Waals surface area contributed by atoms with Crippen LogP contribution in [0.25, 0.3) is 0 Å². The van der Waals surface area contributed by atoms with Crippen LogP contribution in [0.5, 0.6) is 0 Å². The summed E-state index contributed by atoms with van der Waals surface area (Å²) in [5, 5.41) is 2.95. The van der Waals surface area contributed by atoms with Crippen molar-refractivity contribution in [3.8, 4) is 0 Å². The van der Waals surface area contributed by atoms with Crippen molar-refractivity contribution in [2.75, 3.05) is 37.6 Å². The summed E-state index contributed by atoms with van der Waals surface area (Å²) in [7, 11) is 0. The quantitative estimate of drug-likeness (QED) is 0.845. The second-order valence-corrected chi connectivity index (χ2v) is 7.10. The minimum Gasteiger partial charge on any atom is -0.459 e. The maximum atomic E-state index is 12.3. The molecule has 1 aliphatic rings. The molecule has 0 radical (unpaired) electrons. The minimum atomic E-state index is -0.0918. The predicted octanol–water partition coefficient (Wildman–Crippen LogP) is 2.41. The zero-order valence-electron chi connectivity index (χ0n) is 15.9. The third-order valence-corrected chi connectivity index (χ3v) is 4.64. The zero-order chi connectivity index (χ0) is 19.2. The number of amides is 2. The summed E-state index contributed by atoms with van der Waals surface area (Å²) in [5.74, 6) is 1.51. The van der Waals surface area contributed by atoms with Crippen LogP contribution in [0.4, 0.5) is 5.82 Å². The number of anilines is 1. The van der Waals surface area contributed by atoms with Crippen LogP contribution in [0, 0.1) is 5.92 Å². The van der Waals surface area contributed by atoms with Gasteiger partial charge in [0.05, 0.1) is 6.26 Å². The van der Waals surface area contributed by atoms with Crippen molar-refractivity contribution in [2.45, 2.75) is 20.3 Å². The van der Waals surface area contributed by atoms with Gasteiger partial charge in [-0.25, -0.2) is 4.98 Å². The van der Waals surface area contributed by atoms with E-state index in [-0.39, 0.29) is 11.8 Å². The molecule has 0 bridgehead atoms. The monoisotopic (exact) mass is 370 g/mol. The maximum absolute atomic E-state index is 12.3.